The van der Waals surface area contributed by atoms with Gasteiger partial charge in [-0.05, 0) is 71.1 Å². The van der Waals surface area contributed by atoms with Gasteiger partial charge in [0.1, 0.15) is 11.1 Å². The molecule has 0 saturated carbocycles. The van der Waals surface area contributed by atoms with Crippen molar-refractivity contribution in [3.05, 3.63) is 205 Å². The van der Waals surface area contributed by atoms with E-state index in [1.54, 1.807) is 47.4 Å². The zero-order valence-corrected chi connectivity index (χ0v) is 37.5. The average molecular weight is 940 g/mol. The average Bonchev–Trinajstić information content (AvgIpc) is 4.03. The van der Waals surface area contributed by atoms with Gasteiger partial charge in [0, 0.05) is 79.3 Å². The normalized spacial score (nSPS) is 28.3. The molecule has 5 aliphatic heterocycles. The standard InChI is InChI=1S/C52H39Cl4N5O4/c53-33-20-19-31(39(55)24-33)23-32-27-61(47(63)38-26-43(29-11-3-1-4-12-29)59-51(38)36-15-7-9-17-41(36)57-48(51)64)28-50(46(32)62)44(35-22-21-34(54)25-40(35)56)45(30-13-5-2-6-14-30)60-52(50)37-16-8-10-18-42(37)58-49(52)65/h1-25,38,43-45,59-60H,26-28H2,(H,57,64)(H,58,65)/b32-23+. The number of hydrogen-bond donors (Lipinski definition) is 4. The molecule has 0 aliphatic carbocycles. The fraction of sp³-hybridized carbons (Fsp3) is 0.192. The number of fused-ring (bicyclic) bond motifs is 5. The topological polar surface area (TPSA) is 120 Å². The number of rotatable bonds is 5. The second kappa shape index (κ2) is 15.7. The number of nitrogens with one attached hydrogen (secondary N) is 4. The summed E-state index contributed by atoms with van der Waals surface area (Å²) in [7, 11) is 0. The highest BCUT2D eigenvalue weighted by molar-refractivity contribution is 6.36. The van der Waals surface area contributed by atoms with Crippen molar-refractivity contribution in [2.75, 3.05) is 23.7 Å². The van der Waals surface area contributed by atoms with Gasteiger partial charge in [-0.15, -0.1) is 0 Å². The molecule has 65 heavy (non-hydrogen) atoms. The molecule has 3 spiro atoms. The predicted octanol–water partition coefficient (Wildman–Crippen LogP) is 10.3. The second-order valence-electron chi connectivity index (χ2n) is 17.5. The zero-order chi connectivity index (χ0) is 44.8. The third-order valence-corrected chi connectivity index (χ3v) is 15.4. The Bertz CT molecular complexity index is 3020. The van der Waals surface area contributed by atoms with Crippen LogP contribution >= 0.6 is 46.4 Å². The molecule has 6 aromatic rings. The lowest BCUT2D eigenvalue weighted by atomic mass is 9.55. The molecular weight excluding hydrogens is 900 g/mol. The van der Waals surface area contributed by atoms with Crippen molar-refractivity contribution < 1.29 is 19.2 Å². The smallest absolute Gasteiger partial charge is 0.250 e. The maximum absolute atomic E-state index is 16.5. The molecule has 11 rings (SSSR count). The van der Waals surface area contributed by atoms with E-state index in [9.17, 15) is 4.79 Å². The number of nitrogens with zero attached hydrogens (tertiary/aromatic N) is 1. The number of hydrogen-bond acceptors (Lipinski definition) is 6. The van der Waals surface area contributed by atoms with E-state index in [4.69, 9.17) is 46.4 Å². The summed E-state index contributed by atoms with van der Waals surface area (Å²) in [6, 6.07) is 43.2. The minimum atomic E-state index is -1.80. The predicted molar refractivity (Wildman–Crippen MR) is 254 cm³/mol. The lowest BCUT2D eigenvalue weighted by Gasteiger charge is -2.51. The number of amides is 3. The first-order valence-corrected chi connectivity index (χ1v) is 22.9. The van der Waals surface area contributed by atoms with Crippen LogP contribution in [0.15, 0.2) is 151 Å². The van der Waals surface area contributed by atoms with E-state index in [0.29, 0.717) is 53.7 Å². The monoisotopic (exact) mass is 937 g/mol. The van der Waals surface area contributed by atoms with Gasteiger partial charge in [0.05, 0.1) is 11.3 Å². The Hall–Kier alpha value is -5.78. The van der Waals surface area contributed by atoms with E-state index < -0.39 is 40.3 Å². The largest absolute Gasteiger partial charge is 0.337 e. The molecule has 5 aliphatic rings. The summed E-state index contributed by atoms with van der Waals surface area (Å²) in [4.78, 5) is 64.6. The first-order chi connectivity index (χ1) is 31.5. The van der Waals surface area contributed by atoms with Crippen molar-refractivity contribution in [2.45, 2.75) is 35.5 Å². The molecule has 4 N–H and O–H groups in total. The van der Waals surface area contributed by atoms with Crippen molar-refractivity contribution >= 4 is 87.4 Å². The van der Waals surface area contributed by atoms with Gasteiger partial charge in [-0.3, -0.25) is 29.8 Å². The molecule has 6 aromatic carbocycles. The first kappa shape index (κ1) is 41.9. The Balaban J connectivity index is 1.18. The van der Waals surface area contributed by atoms with Crippen molar-refractivity contribution in [3.8, 4) is 0 Å². The Morgan fingerprint density at radius 2 is 1.25 bits per heavy atom. The number of carbonyl (C=O) groups excluding carboxylic acids is 4. The molecule has 324 valence electrons. The van der Waals surface area contributed by atoms with E-state index in [0.717, 1.165) is 11.1 Å². The quantitative estimate of drug-likeness (QED) is 0.128. The number of para-hydroxylation sites is 2. The van der Waals surface area contributed by atoms with Crippen molar-refractivity contribution in [3.63, 3.8) is 0 Å². The molecule has 3 fully saturated rings. The maximum Gasteiger partial charge on any atom is 0.250 e. The summed E-state index contributed by atoms with van der Waals surface area (Å²) >= 11 is 27.1. The summed E-state index contributed by atoms with van der Waals surface area (Å²) in [6.45, 7) is -0.384. The highest BCUT2D eigenvalue weighted by atomic mass is 35.5. The van der Waals surface area contributed by atoms with Gasteiger partial charge in [0.15, 0.2) is 5.78 Å². The molecule has 0 aromatic heterocycles. The number of anilines is 2. The van der Waals surface area contributed by atoms with Crippen molar-refractivity contribution in [1.29, 1.82) is 0 Å². The fourth-order valence-corrected chi connectivity index (χ4v) is 12.6. The SMILES string of the molecule is O=C(C1CC(c2ccccc2)NC12C(=O)Nc1ccccc12)N1C/C(=C\c2ccc(Cl)cc2Cl)C(=O)C2(C1)C(c1ccc(Cl)cc1Cl)C(c1ccccc1)NC21C(=O)Nc2ccccc21. The van der Waals surface area contributed by atoms with Crippen molar-refractivity contribution in [2.24, 2.45) is 11.3 Å². The fourth-order valence-electron chi connectivity index (χ4n) is 11.6. The number of halogens is 4. The molecular formula is C52H39Cl4N5O4. The number of likely N-dealkylation sites (tertiary alicyclic amines) is 1. The summed E-state index contributed by atoms with van der Waals surface area (Å²) in [5.41, 5.74) is 0.314. The zero-order valence-electron chi connectivity index (χ0n) is 34.5. The highest BCUT2D eigenvalue weighted by Crippen LogP contribution is 2.67. The molecule has 5 heterocycles. The van der Waals surface area contributed by atoms with Gasteiger partial charge in [0.2, 0.25) is 11.8 Å². The van der Waals surface area contributed by atoms with Crippen molar-refractivity contribution in [1.82, 2.24) is 15.5 Å². The Labute approximate surface area is 395 Å². The van der Waals surface area contributed by atoms with Crippen LogP contribution in [-0.2, 0) is 30.3 Å². The van der Waals surface area contributed by atoms with Gasteiger partial charge in [0.25, 0.3) is 5.91 Å². The maximum atomic E-state index is 16.5. The van der Waals surface area contributed by atoms with E-state index in [1.165, 1.54) is 0 Å². The molecule has 7 unspecified atom stereocenters. The molecule has 9 nitrogen and oxygen atoms in total. The number of piperidine rings is 1. The minimum absolute atomic E-state index is 0.152. The summed E-state index contributed by atoms with van der Waals surface area (Å²) in [5, 5.41) is 15.0. The van der Waals surface area contributed by atoms with Crippen LogP contribution in [0.5, 0.6) is 0 Å². The minimum Gasteiger partial charge on any atom is -0.337 e. The molecule has 0 bridgehead atoms. The van der Waals surface area contributed by atoms with Gasteiger partial charge >= 0.3 is 0 Å². The van der Waals surface area contributed by atoms with Crippen LogP contribution in [0.1, 0.15) is 57.8 Å². The molecule has 7 atom stereocenters. The van der Waals surface area contributed by atoms with E-state index in [-0.39, 0.29) is 48.7 Å². The Morgan fingerprint density at radius 1 is 0.646 bits per heavy atom. The summed E-state index contributed by atoms with van der Waals surface area (Å²) in [5.74, 6) is -3.38. The first-order valence-electron chi connectivity index (χ1n) is 21.4. The number of benzene rings is 6. The van der Waals surface area contributed by atoms with Crippen LogP contribution in [0, 0.1) is 11.3 Å². The molecule has 0 radical (unpaired) electrons. The third kappa shape index (κ3) is 6.20. The van der Waals surface area contributed by atoms with Gasteiger partial charge in [-0.1, -0.05) is 156 Å². The van der Waals surface area contributed by atoms with Crippen LogP contribution in [0.3, 0.4) is 0 Å². The highest BCUT2D eigenvalue weighted by Gasteiger charge is 2.76. The van der Waals surface area contributed by atoms with Gasteiger partial charge in [-0.2, -0.15) is 0 Å². The van der Waals surface area contributed by atoms with Gasteiger partial charge < -0.3 is 15.5 Å². The van der Waals surface area contributed by atoms with E-state index in [1.807, 2.05) is 109 Å². The summed E-state index contributed by atoms with van der Waals surface area (Å²) in [6.07, 6.45) is 1.95. The number of ketones is 1. The van der Waals surface area contributed by atoms with Crippen LogP contribution < -0.4 is 21.3 Å². The summed E-state index contributed by atoms with van der Waals surface area (Å²) < 4.78 is 0. The van der Waals surface area contributed by atoms with E-state index in [2.05, 4.69) is 21.3 Å². The molecule has 13 heteroatoms. The van der Waals surface area contributed by atoms with Crippen LogP contribution in [0.4, 0.5) is 11.4 Å². The Kier molecular flexibility index (Phi) is 10.1. The van der Waals surface area contributed by atoms with Gasteiger partial charge in [-0.25, -0.2) is 0 Å². The Morgan fingerprint density at radius 3 is 1.94 bits per heavy atom. The van der Waals surface area contributed by atoms with E-state index >= 15 is 14.4 Å². The van der Waals surface area contributed by atoms with Crippen LogP contribution in [0.25, 0.3) is 6.08 Å². The second-order valence-corrected chi connectivity index (χ2v) is 19.1. The number of carbonyl (C=O) groups is 4. The molecule has 3 saturated heterocycles. The third-order valence-electron chi connectivity index (χ3n) is 14.2. The number of Topliss-reactive ketones (excluding diaryl/α,β-unsaturated/α-hetero) is 1. The van der Waals surface area contributed by atoms with Crippen LogP contribution in [-0.4, -0.2) is 41.5 Å². The molecule has 3 amide bonds. The van der Waals surface area contributed by atoms with Crippen LogP contribution in [0.2, 0.25) is 20.1 Å². The lowest BCUT2D eigenvalue weighted by Crippen LogP contribution is -2.67. The lowest BCUT2D eigenvalue weighted by molar-refractivity contribution is -0.151.